The van der Waals surface area contributed by atoms with E-state index in [0.29, 0.717) is 5.02 Å². The van der Waals surface area contributed by atoms with Gasteiger partial charge in [0.1, 0.15) is 0 Å². The number of alkyl halides is 3. The third-order valence-electron chi connectivity index (χ3n) is 2.70. The maximum Gasteiger partial charge on any atom is 0.389 e. The number of benzene rings is 1. The van der Waals surface area contributed by atoms with Crippen LogP contribution < -0.4 is 0 Å². The Morgan fingerprint density at radius 2 is 1.78 bits per heavy atom. The Kier molecular flexibility index (Phi) is 5.05. The maximum atomic E-state index is 12.0. The van der Waals surface area contributed by atoms with Crippen molar-refractivity contribution in [2.24, 2.45) is 0 Å². The molecule has 102 valence electrons. The summed E-state index contributed by atoms with van der Waals surface area (Å²) in [4.78, 5) is 0. The van der Waals surface area contributed by atoms with E-state index in [4.69, 9.17) is 11.6 Å². The molecule has 5 heteroatoms. The van der Waals surface area contributed by atoms with Gasteiger partial charge in [0.2, 0.25) is 0 Å². The van der Waals surface area contributed by atoms with Gasteiger partial charge in [-0.3, -0.25) is 0 Å². The first-order chi connectivity index (χ1) is 8.20. The molecule has 1 atom stereocenters. The molecule has 0 amide bonds. The molecule has 0 radical (unpaired) electrons. The summed E-state index contributed by atoms with van der Waals surface area (Å²) in [6, 6.07) is 7.01. The van der Waals surface area contributed by atoms with Crippen molar-refractivity contribution in [3.8, 4) is 0 Å². The molecule has 0 aromatic heterocycles. The zero-order valence-electron chi connectivity index (χ0n) is 10.1. The molecule has 1 unspecified atom stereocenters. The van der Waals surface area contributed by atoms with Crippen LogP contribution in [0.4, 0.5) is 13.2 Å². The molecule has 0 aliphatic rings. The average Bonchev–Trinajstić information content (AvgIpc) is 2.18. The highest BCUT2D eigenvalue weighted by molar-refractivity contribution is 6.31. The lowest BCUT2D eigenvalue weighted by atomic mass is 9.91. The molecule has 0 fully saturated rings. The van der Waals surface area contributed by atoms with Gasteiger partial charge in [-0.2, -0.15) is 13.2 Å². The Labute approximate surface area is 110 Å². The van der Waals surface area contributed by atoms with E-state index < -0.39 is 18.2 Å². The molecule has 0 aliphatic heterocycles. The minimum atomic E-state index is -4.17. The van der Waals surface area contributed by atoms with Crippen molar-refractivity contribution in [1.29, 1.82) is 0 Å². The molecule has 0 bridgehead atoms. The second kappa shape index (κ2) is 5.93. The topological polar surface area (TPSA) is 20.2 Å². The summed E-state index contributed by atoms with van der Waals surface area (Å²) in [6.45, 7) is 1.53. The van der Waals surface area contributed by atoms with Gasteiger partial charge in [-0.25, -0.2) is 0 Å². The summed E-state index contributed by atoms with van der Waals surface area (Å²) in [5, 5.41) is 10.6. The number of halogens is 4. The van der Waals surface area contributed by atoms with Gasteiger partial charge >= 0.3 is 6.18 Å². The van der Waals surface area contributed by atoms with Crippen molar-refractivity contribution < 1.29 is 18.3 Å². The molecule has 1 rings (SSSR count). The Balaban J connectivity index is 2.52. The van der Waals surface area contributed by atoms with Crippen molar-refractivity contribution in [1.82, 2.24) is 0 Å². The zero-order valence-corrected chi connectivity index (χ0v) is 10.9. The Bertz CT molecular complexity index is 388. The first-order valence-corrected chi connectivity index (χ1v) is 6.10. The monoisotopic (exact) mass is 280 g/mol. The first-order valence-electron chi connectivity index (χ1n) is 5.72. The predicted octanol–water partition coefficient (Wildman–Crippen LogP) is 4.37. The van der Waals surface area contributed by atoms with E-state index in [9.17, 15) is 18.3 Å². The molecule has 18 heavy (non-hydrogen) atoms. The summed E-state index contributed by atoms with van der Waals surface area (Å²) in [7, 11) is 0. The number of hydrogen-bond acceptors (Lipinski definition) is 1. The molecule has 0 heterocycles. The fourth-order valence-electron chi connectivity index (χ4n) is 1.81. The van der Waals surface area contributed by atoms with E-state index in [-0.39, 0.29) is 19.3 Å². The molecule has 1 aromatic rings. The van der Waals surface area contributed by atoms with Crippen molar-refractivity contribution >= 4 is 11.6 Å². The number of aliphatic hydroxyl groups is 1. The van der Waals surface area contributed by atoms with Crippen LogP contribution in [0.3, 0.4) is 0 Å². The number of hydrogen-bond donors (Lipinski definition) is 1. The molecular weight excluding hydrogens is 265 g/mol. The Morgan fingerprint density at radius 1 is 1.17 bits per heavy atom. The van der Waals surface area contributed by atoms with Crippen LogP contribution in [0.2, 0.25) is 5.02 Å². The summed E-state index contributed by atoms with van der Waals surface area (Å²) in [5.41, 5.74) is -0.424. The van der Waals surface area contributed by atoms with Gasteiger partial charge in [0.25, 0.3) is 0 Å². The second-order valence-corrected chi connectivity index (χ2v) is 5.14. The van der Waals surface area contributed by atoms with Gasteiger partial charge in [-0.15, -0.1) is 0 Å². The number of rotatable bonds is 5. The van der Waals surface area contributed by atoms with Crippen LogP contribution in [-0.2, 0) is 6.42 Å². The zero-order chi connectivity index (χ0) is 13.8. The molecule has 0 saturated heterocycles. The van der Waals surface area contributed by atoms with Crippen LogP contribution in [0.1, 0.15) is 31.7 Å². The van der Waals surface area contributed by atoms with E-state index in [0.717, 1.165) is 5.56 Å². The summed E-state index contributed by atoms with van der Waals surface area (Å²) in [5.74, 6) is 0. The van der Waals surface area contributed by atoms with Crippen molar-refractivity contribution in [3.05, 3.63) is 34.9 Å². The minimum Gasteiger partial charge on any atom is -0.390 e. The lowest BCUT2D eigenvalue weighted by Gasteiger charge is -2.24. The van der Waals surface area contributed by atoms with Crippen LogP contribution >= 0.6 is 11.6 Å². The van der Waals surface area contributed by atoms with Gasteiger partial charge in [-0.1, -0.05) is 29.8 Å². The average molecular weight is 281 g/mol. The quantitative estimate of drug-likeness (QED) is 0.849. The van der Waals surface area contributed by atoms with E-state index in [1.54, 1.807) is 24.3 Å². The van der Waals surface area contributed by atoms with Crippen molar-refractivity contribution in [2.45, 2.75) is 44.4 Å². The molecule has 1 aromatic carbocycles. The lowest BCUT2D eigenvalue weighted by Crippen LogP contribution is -2.27. The highest BCUT2D eigenvalue weighted by atomic mass is 35.5. The largest absolute Gasteiger partial charge is 0.390 e. The van der Waals surface area contributed by atoms with E-state index in [1.807, 2.05) is 0 Å². The van der Waals surface area contributed by atoms with Crippen LogP contribution in [0.25, 0.3) is 0 Å². The van der Waals surface area contributed by atoms with E-state index in [1.165, 1.54) is 6.92 Å². The highest BCUT2D eigenvalue weighted by Crippen LogP contribution is 2.28. The standard InChI is InChI=1S/C13H16ClF3O/c1-12(18,7-4-8-13(15,16)17)9-10-5-2-3-6-11(10)14/h2-3,5-6,18H,4,7-9H2,1H3. The normalized spacial score (nSPS) is 15.4. The van der Waals surface area contributed by atoms with Gasteiger partial charge in [0.15, 0.2) is 0 Å². The van der Waals surface area contributed by atoms with Crippen molar-refractivity contribution in [3.63, 3.8) is 0 Å². The molecule has 1 N–H and O–H groups in total. The van der Waals surface area contributed by atoms with Crippen LogP contribution in [0, 0.1) is 0 Å². The van der Waals surface area contributed by atoms with Gasteiger partial charge in [0.05, 0.1) is 5.60 Å². The fraction of sp³-hybridized carbons (Fsp3) is 0.538. The van der Waals surface area contributed by atoms with Gasteiger partial charge in [-0.05, 0) is 31.4 Å². The fourth-order valence-corrected chi connectivity index (χ4v) is 2.01. The molecule has 1 nitrogen and oxygen atoms in total. The predicted molar refractivity (Wildman–Crippen MR) is 65.7 cm³/mol. The third-order valence-corrected chi connectivity index (χ3v) is 3.07. The maximum absolute atomic E-state index is 12.0. The molecule has 0 aliphatic carbocycles. The van der Waals surface area contributed by atoms with Crippen LogP contribution in [0.15, 0.2) is 24.3 Å². The van der Waals surface area contributed by atoms with Crippen LogP contribution in [-0.4, -0.2) is 16.9 Å². The Morgan fingerprint density at radius 3 is 2.33 bits per heavy atom. The molecule has 0 spiro atoms. The smallest absolute Gasteiger partial charge is 0.389 e. The minimum absolute atomic E-state index is 0.0824. The van der Waals surface area contributed by atoms with Gasteiger partial charge < -0.3 is 5.11 Å². The highest BCUT2D eigenvalue weighted by Gasteiger charge is 2.29. The SMILES string of the molecule is CC(O)(CCCC(F)(F)F)Cc1ccccc1Cl. The molecule has 0 saturated carbocycles. The van der Waals surface area contributed by atoms with E-state index in [2.05, 4.69) is 0 Å². The van der Waals surface area contributed by atoms with Crippen LogP contribution in [0.5, 0.6) is 0 Å². The van der Waals surface area contributed by atoms with Crippen molar-refractivity contribution in [2.75, 3.05) is 0 Å². The summed E-state index contributed by atoms with van der Waals surface area (Å²) >= 11 is 5.95. The lowest BCUT2D eigenvalue weighted by molar-refractivity contribution is -0.137. The Hall–Kier alpha value is -0.740. The summed E-state index contributed by atoms with van der Waals surface area (Å²) in [6.07, 6.45) is -4.77. The summed E-state index contributed by atoms with van der Waals surface area (Å²) < 4.78 is 36.1. The third kappa shape index (κ3) is 5.74. The molecular formula is C13H16ClF3O. The first kappa shape index (κ1) is 15.3. The second-order valence-electron chi connectivity index (χ2n) is 4.73. The van der Waals surface area contributed by atoms with Gasteiger partial charge in [0, 0.05) is 17.9 Å². The van der Waals surface area contributed by atoms with E-state index >= 15 is 0 Å².